The number of aliphatic imine (C=N–C) groups is 1. The summed E-state index contributed by atoms with van der Waals surface area (Å²) >= 11 is 0. The Morgan fingerprint density at radius 1 is 1.45 bits per heavy atom. The third kappa shape index (κ3) is 2.11. The number of halogens is 1. The quantitative estimate of drug-likeness (QED) is 0.875. The Hall–Kier alpha value is -2.11. The van der Waals surface area contributed by atoms with Crippen LogP contribution >= 0.6 is 0 Å². The van der Waals surface area contributed by atoms with Gasteiger partial charge in [0.15, 0.2) is 17.5 Å². The lowest BCUT2D eigenvalue weighted by atomic mass is 9.92. The van der Waals surface area contributed by atoms with E-state index in [-0.39, 0.29) is 11.7 Å². The molecule has 1 heterocycles. The van der Waals surface area contributed by atoms with E-state index in [9.17, 15) is 9.18 Å². The molecule has 1 aromatic rings. The lowest BCUT2D eigenvalue weighted by Gasteiger charge is -2.22. The summed E-state index contributed by atoms with van der Waals surface area (Å²) in [5.74, 6) is -0.103. The van der Waals surface area contributed by atoms with E-state index in [0.29, 0.717) is 17.6 Å². The fraction of sp³-hybridized carbons (Fsp3) is 0.429. The van der Waals surface area contributed by atoms with Crippen LogP contribution in [0, 0.1) is 5.82 Å². The van der Waals surface area contributed by atoms with Gasteiger partial charge in [0.25, 0.3) is 5.91 Å². The Morgan fingerprint density at radius 3 is 2.80 bits per heavy atom. The predicted molar refractivity (Wildman–Crippen MR) is 72.0 cm³/mol. The van der Waals surface area contributed by atoms with E-state index in [2.05, 4.69) is 15.6 Å². The zero-order valence-corrected chi connectivity index (χ0v) is 11.4. The number of carbonyl (C=O) groups is 1. The number of methoxy groups -OCH3 is 1. The molecule has 0 spiro atoms. The predicted octanol–water partition coefficient (Wildman–Crippen LogP) is 1.29. The van der Waals surface area contributed by atoms with Gasteiger partial charge in [-0.1, -0.05) is 6.07 Å². The van der Waals surface area contributed by atoms with Gasteiger partial charge in [-0.2, -0.15) is 0 Å². The standard InChI is InChI=1S/C14H16FN3O2/c1-14(8-3-6-11(20-2)10(15)7-8)12(19)17-13(18-14)16-9-4-5-9/h3,6-7,9H,4-5H2,1-2H3,(H2,16,17,18,19). The maximum Gasteiger partial charge on any atom is 0.256 e. The zero-order chi connectivity index (χ0) is 14.3. The summed E-state index contributed by atoms with van der Waals surface area (Å²) in [7, 11) is 1.40. The Kier molecular flexibility index (Phi) is 2.88. The van der Waals surface area contributed by atoms with Crippen LogP contribution in [0.1, 0.15) is 25.3 Å². The maximum absolute atomic E-state index is 13.8. The largest absolute Gasteiger partial charge is 0.494 e. The molecule has 1 saturated heterocycles. The molecule has 2 N–H and O–H groups in total. The van der Waals surface area contributed by atoms with Gasteiger partial charge in [0.05, 0.1) is 13.2 Å². The van der Waals surface area contributed by atoms with Gasteiger partial charge in [0.1, 0.15) is 5.54 Å². The number of amides is 1. The molecule has 0 radical (unpaired) electrons. The Morgan fingerprint density at radius 2 is 2.20 bits per heavy atom. The van der Waals surface area contributed by atoms with Crippen molar-refractivity contribution in [3.63, 3.8) is 0 Å². The van der Waals surface area contributed by atoms with Gasteiger partial charge < -0.3 is 10.1 Å². The minimum Gasteiger partial charge on any atom is -0.494 e. The summed E-state index contributed by atoms with van der Waals surface area (Å²) in [6, 6.07) is 4.80. The Bertz CT molecular complexity index is 598. The molecule has 0 bridgehead atoms. The van der Waals surface area contributed by atoms with Gasteiger partial charge in [-0.25, -0.2) is 9.38 Å². The molecular formula is C14H16FN3O2. The van der Waals surface area contributed by atoms with Crippen molar-refractivity contribution in [3.8, 4) is 5.75 Å². The van der Waals surface area contributed by atoms with Gasteiger partial charge in [-0.05, 0) is 37.5 Å². The molecule has 106 valence electrons. The molecule has 1 aromatic carbocycles. The highest BCUT2D eigenvalue weighted by Gasteiger charge is 2.43. The molecule has 1 amide bonds. The average molecular weight is 277 g/mol. The molecule has 6 heteroatoms. The minimum atomic E-state index is -1.01. The van der Waals surface area contributed by atoms with Gasteiger partial charge in [0.2, 0.25) is 0 Å². The van der Waals surface area contributed by atoms with E-state index in [1.54, 1.807) is 13.0 Å². The molecule has 2 fully saturated rings. The van der Waals surface area contributed by atoms with Crippen LogP contribution in [0.25, 0.3) is 0 Å². The van der Waals surface area contributed by atoms with Crippen molar-refractivity contribution in [1.29, 1.82) is 0 Å². The molecule has 1 atom stereocenters. The highest BCUT2D eigenvalue weighted by Crippen LogP contribution is 2.29. The number of nitrogens with one attached hydrogen (secondary N) is 2. The topological polar surface area (TPSA) is 62.7 Å². The van der Waals surface area contributed by atoms with Crippen LogP contribution in [0.15, 0.2) is 23.2 Å². The third-order valence-corrected chi connectivity index (χ3v) is 3.64. The number of rotatable bonds is 3. The fourth-order valence-electron chi connectivity index (χ4n) is 2.19. The highest BCUT2D eigenvalue weighted by molar-refractivity contribution is 6.09. The SMILES string of the molecule is COc1ccc(C2(C)NC(=NC3CC3)NC2=O)cc1F. The molecule has 1 unspecified atom stereocenters. The first-order valence-corrected chi connectivity index (χ1v) is 6.54. The van der Waals surface area contributed by atoms with Crippen molar-refractivity contribution < 1.29 is 13.9 Å². The Balaban J connectivity index is 1.91. The molecule has 2 aliphatic rings. The van der Waals surface area contributed by atoms with Gasteiger partial charge in [-0.3, -0.25) is 10.1 Å². The number of benzene rings is 1. The van der Waals surface area contributed by atoms with Crippen molar-refractivity contribution in [3.05, 3.63) is 29.6 Å². The summed E-state index contributed by atoms with van der Waals surface area (Å²) in [5, 5.41) is 5.76. The van der Waals surface area contributed by atoms with Gasteiger partial charge >= 0.3 is 0 Å². The zero-order valence-electron chi connectivity index (χ0n) is 11.4. The van der Waals surface area contributed by atoms with E-state index in [1.165, 1.54) is 19.2 Å². The van der Waals surface area contributed by atoms with Gasteiger partial charge in [0, 0.05) is 0 Å². The summed E-state index contributed by atoms with van der Waals surface area (Å²) < 4.78 is 18.7. The molecule has 1 aliphatic carbocycles. The average Bonchev–Trinajstić information content (AvgIpc) is 3.16. The number of ether oxygens (including phenoxy) is 1. The smallest absolute Gasteiger partial charge is 0.256 e. The van der Waals surface area contributed by atoms with Crippen molar-refractivity contribution in [2.24, 2.45) is 4.99 Å². The maximum atomic E-state index is 13.8. The number of hydrogen-bond acceptors (Lipinski definition) is 3. The first-order valence-electron chi connectivity index (χ1n) is 6.54. The lowest BCUT2D eigenvalue weighted by Crippen LogP contribution is -2.40. The van der Waals surface area contributed by atoms with E-state index in [0.717, 1.165) is 12.8 Å². The molecular weight excluding hydrogens is 261 g/mol. The summed E-state index contributed by atoms with van der Waals surface area (Å²) in [6.07, 6.45) is 2.10. The van der Waals surface area contributed by atoms with Crippen molar-refractivity contribution in [1.82, 2.24) is 10.6 Å². The lowest BCUT2D eigenvalue weighted by molar-refractivity contribution is -0.123. The summed E-state index contributed by atoms with van der Waals surface area (Å²) in [5.41, 5.74) is -0.477. The van der Waals surface area contributed by atoms with Crippen molar-refractivity contribution in [2.45, 2.75) is 31.3 Å². The highest BCUT2D eigenvalue weighted by atomic mass is 19.1. The molecule has 1 saturated carbocycles. The second kappa shape index (κ2) is 4.47. The van der Waals surface area contributed by atoms with Crippen LogP contribution in [0.4, 0.5) is 4.39 Å². The summed E-state index contributed by atoms with van der Waals surface area (Å²) in [6.45, 7) is 1.71. The van der Waals surface area contributed by atoms with E-state index in [4.69, 9.17) is 4.74 Å². The van der Waals surface area contributed by atoms with Crippen LogP contribution < -0.4 is 15.4 Å². The third-order valence-electron chi connectivity index (χ3n) is 3.64. The second-order valence-electron chi connectivity index (χ2n) is 5.26. The monoisotopic (exact) mass is 277 g/mol. The molecule has 0 aromatic heterocycles. The molecule has 1 aliphatic heterocycles. The number of hydrogen-bond donors (Lipinski definition) is 2. The van der Waals surface area contributed by atoms with E-state index in [1.807, 2.05) is 0 Å². The summed E-state index contributed by atoms with van der Waals surface area (Å²) in [4.78, 5) is 16.5. The molecule has 3 rings (SSSR count). The minimum absolute atomic E-state index is 0.155. The number of guanidine groups is 1. The van der Waals surface area contributed by atoms with Gasteiger partial charge in [-0.15, -0.1) is 0 Å². The van der Waals surface area contributed by atoms with Crippen LogP contribution in [0.2, 0.25) is 0 Å². The first-order chi connectivity index (χ1) is 9.53. The van der Waals surface area contributed by atoms with E-state index < -0.39 is 11.4 Å². The molecule has 5 nitrogen and oxygen atoms in total. The van der Waals surface area contributed by atoms with Crippen molar-refractivity contribution >= 4 is 11.9 Å². The second-order valence-corrected chi connectivity index (χ2v) is 5.26. The normalized spacial score (nSPS) is 27.4. The number of nitrogens with zero attached hydrogens (tertiary/aromatic N) is 1. The van der Waals surface area contributed by atoms with Crippen LogP contribution in [-0.2, 0) is 10.3 Å². The fourth-order valence-corrected chi connectivity index (χ4v) is 2.19. The van der Waals surface area contributed by atoms with Crippen LogP contribution in [0.5, 0.6) is 5.75 Å². The van der Waals surface area contributed by atoms with Crippen molar-refractivity contribution in [2.75, 3.05) is 7.11 Å². The first kappa shape index (κ1) is 12.9. The van der Waals surface area contributed by atoms with Crippen LogP contribution in [-0.4, -0.2) is 25.0 Å². The number of carbonyl (C=O) groups excluding carboxylic acids is 1. The van der Waals surface area contributed by atoms with E-state index >= 15 is 0 Å². The Labute approximate surface area is 116 Å². The van der Waals surface area contributed by atoms with Crippen LogP contribution in [0.3, 0.4) is 0 Å². The molecule has 20 heavy (non-hydrogen) atoms.